The molecule has 1 aliphatic heterocycles. The van der Waals surface area contributed by atoms with Gasteiger partial charge in [0.05, 0.1) is 11.4 Å². The van der Waals surface area contributed by atoms with Gasteiger partial charge in [-0.25, -0.2) is 9.78 Å². The maximum absolute atomic E-state index is 11.8. The minimum Gasteiger partial charge on any atom is -0.506 e. The molecule has 24 heavy (non-hydrogen) atoms. The van der Waals surface area contributed by atoms with Crippen molar-refractivity contribution in [3.63, 3.8) is 0 Å². The molecule has 0 fully saturated rings. The maximum atomic E-state index is 11.8. The molecule has 2 heterocycles. The first kappa shape index (κ1) is 16.1. The molecule has 1 aromatic heterocycles. The number of urea groups is 1. The second kappa shape index (κ2) is 6.78. The van der Waals surface area contributed by atoms with E-state index in [9.17, 15) is 9.90 Å². The van der Waals surface area contributed by atoms with Gasteiger partial charge in [-0.2, -0.15) is 0 Å². The Labute approximate surface area is 141 Å². The van der Waals surface area contributed by atoms with Crippen LogP contribution in [-0.2, 0) is 13.0 Å². The lowest BCUT2D eigenvalue weighted by Gasteiger charge is -2.18. The van der Waals surface area contributed by atoms with Gasteiger partial charge in [0.1, 0.15) is 11.6 Å². The Morgan fingerprint density at radius 1 is 1.54 bits per heavy atom. The van der Waals surface area contributed by atoms with Crippen LogP contribution in [0.15, 0.2) is 37.1 Å². The van der Waals surface area contributed by atoms with E-state index in [4.69, 9.17) is 4.98 Å². The third kappa shape index (κ3) is 3.42. The highest BCUT2D eigenvalue weighted by Gasteiger charge is 2.18. The molecule has 6 heteroatoms. The molecule has 3 N–H and O–H groups in total. The molecular weight excluding hydrogens is 304 g/mol. The van der Waals surface area contributed by atoms with Crippen molar-refractivity contribution in [1.29, 1.82) is 0 Å². The molecule has 0 radical (unpaired) electrons. The summed E-state index contributed by atoms with van der Waals surface area (Å²) in [4.78, 5) is 16.5. The number of amides is 2. The molecule has 0 aliphatic carbocycles. The largest absolute Gasteiger partial charge is 0.506 e. The number of hydrogen-bond donors (Lipinski definition) is 3. The summed E-state index contributed by atoms with van der Waals surface area (Å²) in [7, 11) is 0. The highest BCUT2D eigenvalue weighted by Crippen LogP contribution is 2.31. The highest BCUT2D eigenvalue weighted by molar-refractivity contribution is 5.91. The van der Waals surface area contributed by atoms with Gasteiger partial charge in [-0.15, -0.1) is 6.58 Å². The number of aryl methyl sites for hydroxylation is 1. The fraction of sp³-hybridized carbons (Fsp3) is 0.333. The molecule has 0 saturated heterocycles. The molecule has 1 atom stereocenters. The smallest absolute Gasteiger partial charge is 0.319 e. The summed E-state index contributed by atoms with van der Waals surface area (Å²) in [5.74, 6) is 1.76. The number of rotatable bonds is 4. The molecule has 3 rings (SSSR count). The van der Waals surface area contributed by atoms with E-state index in [0.717, 1.165) is 36.5 Å². The van der Waals surface area contributed by atoms with E-state index in [1.54, 1.807) is 24.3 Å². The topological polar surface area (TPSA) is 79.2 Å². The molecule has 0 saturated carbocycles. The lowest BCUT2D eigenvalue weighted by molar-refractivity contribution is 0.253. The monoisotopic (exact) mass is 326 g/mol. The van der Waals surface area contributed by atoms with Crippen LogP contribution in [0.1, 0.15) is 19.2 Å². The van der Waals surface area contributed by atoms with Gasteiger partial charge >= 0.3 is 6.03 Å². The van der Waals surface area contributed by atoms with Crippen LogP contribution in [0, 0.1) is 5.92 Å². The predicted octanol–water partition coefficient (Wildman–Crippen LogP) is 3.15. The number of hydrogen-bond acceptors (Lipinski definition) is 3. The Balaban J connectivity index is 1.83. The average molecular weight is 326 g/mol. The predicted molar refractivity (Wildman–Crippen MR) is 94.0 cm³/mol. The number of benzene rings is 1. The number of phenolic OH excluding ortho intramolecular Hbond substituents is 1. The summed E-state index contributed by atoms with van der Waals surface area (Å²) in [6.07, 6.45) is 5.77. The normalized spacial score (nSPS) is 16.3. The van der Waals surface area contributed by atoms with E-state index in [0.29, 0.717) is 18.2 Å². The van der Waals surface area contributed by atoms with Crippen molar-refractivity contribution >= 4 is 11.7 Å². The second-order valence-electron chi connectivity index (χ2n) is 6.19. The molecule has 6 nitrogen and oxygen atoms in total. The number of fused-ring (bicyclic) bond motifs is 1. The molecule has 1 unspecified atom stereocenters. The zero-order valence-electron chi connectivity index (χ0n) is 13.7. The minimum absolute atomic E-state index is 0.0186. The zero-order chi connectivity index (χ0) is 17.1. The second-order valence-corrected chi connectivity index (χ2v) is 6.19. The molecule has 1 aliphatic rings. The van der Waals surface area contributed by atoms with Crippen molar-refractivity contribution in [2.45, 2.75) is 26.3 Å². The van der Waals surface area contributed by atoms with E-state index in [-0.39, 0.29) is 11.8 Å². The Hall–Kier alpha value is -2.76. The fourth-order valence-corrected chi connectivity index (χ4v) is 2.85. The molecule has 126 valence electrons. The van der Waals surface area contributed by atoms with Gasteiger partial charge < -0.3 is 20.3 Å². The summed E-state index contributed by atoms with van der Waals surface area (Å²) >= 11 is 0. The summed E-state index contributed by atoms with van der Waals surface area (Å²) in [6, 6.07) is 4.72. The Kier molecular flexibility index (Phi) is 4.55. The number of nitrogens with one attached hydrogen (secondary N) is 2. The van der Waals surface area contributed by atoms with Gasteiger partial charge in [0.2, 0.25) is 0 Å². The Morgan fingerprint density at radius 2 is 2.38 bits per heavy atom. The van der Waals surface area contributed by atoms with E-state index >= 15 is 0 Å². The van der Waals surface area contributed by atoms with Gasteiger partial charge in [-0.05, 0) is 30.5 Å². The van der Waals surface area contributed by atoms with Gasteiger partial charge in [-0.3, -0.25) is 0 Å². The zero-order valence-corrected chi connectivity index (χ0v) is 13.7. The van der Waals surface area contributed by atoms with Crippen LogP contribution in [0.5, 0.6) is 5.75 Å². The highest BCUT2D eigenvalue weighted by atomic mass is 16.3. The van der Waals surface area contributed by atoms with Crippen LogP contribution in [0.25, 0.3) is 11.3 Å². The Bertz CT molecular complexity index is 766. The number of carbonyl (C=O) groups is 1. The van der Waals surface area contributed by atoms with E-state index in [1.165, 1.54) is 0 Å². The molecule has 0 bridgehead atoms. The molecule has 1 aromatic carbocycles. The van der Waals surface area contributed by atoms with Gasteiger partial charge in [-0.1, -0.05) is 13.0 Å². The Morgan fingerprint density at radius 3 is 3.17 bits per heavy atom. The summed E-state index contributed by atoms with van der Waals surface area (Å²) < 4.78 is 2.19. The SMILES string of the molecule is C=CCNC(=O)Nc1cc(-c2cn3c(n2)CC(C)CC3)ccc1O. The molecule has 0 spiro atoms. The molecular formula is C18H22N4O2. The number of carbonyl (C=O) groups excluding carboxylic acids is 1. The van der Waals surface area contributed by atoms with Crippen molar-refractivity contribution in [2.75, 3.05) is 11.9 Å². The van der Waals surface area contributed by atoms with Crippen LogP contribution in [0.4, 0.5) is 10.5 Å². The van der Waals surface area contributed by atoms with Crippen molar-refractivity contribution < 1.29 is 9.90 Å². The quantitative estimate of drug-likeness (QED) is 0.596. The first-order valence-electron chi connectivity index (χ1n) is 8.12. The van der Waals surface area contributed by atoms with E-state index < -0.39 is 0 Å². The van der Waals surface area contributed by atoms with Crippen molar-refractivity contribution in [3.8, 4) is 17.0 Å². The first-order valence-corrected chi connectivity index (χ1v) is 8.12. The van der Waals surface area contributed by atoms with Crippen molar-refractivity contribution in [3.05, 3.63) is 42.9 Å². The number of aromatic nitrogens is 2. The molecule has 2 amide bonds. The van der Waals surface area contributed by atoms with Crippen LogP contribution in [0.3, 0.4) is 0 Å². The summed E-state index contributed by atoms with van der Waals surface area (Å²) in [5, 5.41) is 15.2. The number of anilines is 1. The van der Waals surface area contributed by atoms with Crippen LogP contribution >= 0.6 is 0 Å². The van der Waals surface area contributed by atoms with Crippen LogP contribution < -0.4 is 10.6 Å². The molecule has 2 aromatic rings. The van der Waals surface area contributed by atoms with Crippen LogP contribution in [0.2, 0.25) is 0 Å². The standard InChI is InChI=1S/C18H22N4O2/c1-3-7-19-18(24)21-14-10-13(4-5-16(14)23)15-11-22-8-6-12(2)9-17(22)20-15/h3-5,10-12,23H,1,6-9H2,2H3,(H2,19,21,24). The van der Waals surface area contributed by atoms with Gasteiger partial charge in [0.25, 0.3) is 0 Å². The minimum atomic E-state index is -0.389. The third-order valence-corrected chi connectivity index (χ3v) is 4.20. The summed E-state index contributed by atoms with van der Waals surface area (Å²) in [6.45, 7) is 7.13. The van der Waals surface area contributed by atoms with E-state index in [2.05, 4.69) is 28.7 Å². The van der Waals surface area contributed by atoms with Gasteiger partial charge in [0.15, 0.2) is 0 Å². The number of imidazole rings is 1. The average Bonchev–Trinajstić information content (AvgIpc) is 2.98. The number of aromatic hydroxyl groups is 1. The van der Waals surface area contributed by atoms with Crippen molar-refractivity contribution in [1.82, 2.24) is 14.9 Å². The maximum Gasteiger partial charge on any atom is 0.319 e. The third-order valence-electron chi connectivity index (χ3n) is 4.20. The van der Waals surface area contributed by atoms with Crippen LogP contribution in [-0.4, -0.2) is 27.2 Å². The number of nitrogens with zero attached hydrogens (tertiary/aromatic N) is 2. The number of phenols is 1. The lowest BCUT2D eigenvalue weighted by Crippen LogP contribution is -2.28. The first-order chi connectivity index (χ1) is 11.6. The van der Waals surface area contributed by atoms with Gasteiger partial charge in [0, 0.05) is 31.3 Å². The lowest BCUT2D eigenvalue weighted by atomic mass is 10.0. The van der Waals surface area contributed by atoms with E-state index in [1.807, 2.05) is 6.20 Å². The van der Waals surface area contributed by atoms with Crippen molar-refractivity contribution in [2.24, 2.45) is 5.92 Å². The summed E-state index contributed by atoms with van der Waals surface area (Å²) in [5.41, 5.74) is 2.07. The fourth-order valence-electron chi connectivity index (χ4n) is 2.85.